The molecule has 0 amide bonds. The van der Waals surface area contributed by atoms with Crippen LogP contribution in [0.4, 0.5) is 13.2 Å². The molecule has 0 bridgehead atoms. The molecule has 0 radical (unpaired) electrons. The molecule has 36 heavy (non-hydrogen) atoms. The van der Waals surface area contributed by atoms with Gasteiger partial charge in [-0.05, 0) is 69.0 Å². The van der Waals surface area contributed by atoms with Gasteiger partial charge in [-0.25, -0.2) is 5.48 Å². The maximum atomic E-state index is 13.6. The van der Waals surface area contributed by atoms with Gasteiger partial charge in [0.15, 0.2) is 5.84 Å². The number of nitrogens with two attached hydrogens (primary N) is 1. The number of nitrogens with zero attached hydrogens (tertiary/aromatic N) is 1. The zero-order chi connectivity index (χ0) is 27.6. The molecule has 1 aliphatic rings. The van der Waals surface area contributed by atoms with Crippen LogP contribution in [0, 0.1) is 0 Å². The molecule has 0 aliphatic carbocycles. The number of nitrogens with one attached hydrogen (secondary N) is 1. The molecule has 1 heterocycles. The Balaban J connectivity index is 0.00000185. The lowest BCUT2D eigenvalue weighted by atomic mass is 10.1. The molecule has 6 nitrogen and oxygen atoms in total. The Kier molecular flexibility index (Phi) is 16.8. The first-order valence-corrected chi connectivity index (χ1v) is 12.2. The van der Waals surface area contributed by atoms with E-state index in [1.165, 1.54) is 6.07 Å². The standard InChI is InChI=1S/C23H31F3N2O2.C3H7N.CH4O/c1-4-6-8-9-10-11-15-29-20-14-13-18(16-19(20)23(24,25)26)21-27-22(30-28-21)17(3)12-7-5-2;1-3(2)4;1-2/h9-10,13-14,16H,4-8,11-12,15H2,1-3H3,(H,27,28);1,4H2,2H3;2H,1H3/b10-9-,22-17+;;. The van der Waals surface area contributed by atoms with E-state index in [1.54, 1.807) is 13.0 Å². The number of halogens is 3. The van der Waals surface area contributed by atoms with E-state index in [4.69, 9.17) is 20.4 Å². The van der Waals surface area contributed by atoms with Crippen LogP contribution in [0.1, 0.15) is 83.8 Å². The number of aliphatic hydroxyl groups excluding tert-OH is 1. The van der Waals surface area contributed by atoms with Gasteiger partial charge in [0.1, 0.15) is 5.75 Å². The third-order valence-corrected chi connectivity index (χ3v) is 4.72. The third kappa shape index (κ3) is 13.2. The van der Waals surface area contributed by atoms with Crippen LogP contribution in [-0.2, 0) is 11.0 Å². The Morgan fingerprint density at radius 1 is 1.14 bits per heavy atom. The highest BCUT2D eigenvalue weighted by Crippen LogP contribution is 2.37. The molecule has 0 spiro atoms. The van der Waals surface area contributed by atoms with Gasteiger partial charge < -0.3 is 20.4 Å². The molecular weight excluding hydrogens is 471 g/mol. The van der Waals surface area contributed by atoms with Crippen LogP contribution in [-0.4, -0.2) is 24.7 Å². The summed E-state index contributed by atoms with van der Waals surface area (Å²) in [4.78, 5) is 9.68. The number of amidine groups is 1. The van der Waals surface area contributed by atoms with Gasteiger partial charge in [0, 0.05) is 12.7 Å². The van der Waals surface area contributed by atoms with E-state index in [9.17, 15) is 13.2 Å². The Hall–Kier alpha value is -2.94. The predicted molar refractivity (Wildman–Crippen MR) is 140 cm³/mol. The van der Waals surface area contributed by atoms with Crippen molar-refractivity contribution >= 4 is 5.84 Å². The molecule has 9 heteroatoms. The summed E-state index contributed by atoms with van der Waals surface area (Å²) < 4.78 is 46.2. The number of ether oxygens (including phenoxy) is 1. The summed E-state index contributed by atoms with van der Waals surface area (Å²) in [7, 11) is 1.00. The fraction of sp³-hybridized carbons (Fsp3) is 0.519. The zero-order valence-electron chi connectivity index (χ0n) is 22.2. The van der Waals surface area contributed by atoms with Crippen molar-refractivity contribution in [3.63, 3.8) is 0 Å². The minimum absolute atomic E-state index is 0.178. The van der Waals surface area contributed by atoms with Gasteiger partial charge in [0.25, 0.3) is 0 Å². The van der Waals surface area contributed by atoms with Gasteiger partial charge in [-0.1, -0.05) is 51.8 Å². The maximum absolute atomic E-state index is 13.6. The van der Waals surface area contributed by atoms with Crippen molar-refractivity contribution in [2.45, 2.75) is 78.8 Å². The van der Waals surface area contributed by atoms with Gasteiger partial charge in [-0.15, -0.1) is 0 Å². The fourth-order valence-electron chi connectivity index (χ4n) is 2.92. The van der Waals surface area contributed by atoms with E-state index in [0.717, 1.165) is 57.3 Å². The monoisotopic (exact) mass is 513 g/mol. The number of hydrogen-bond donors (Lipinski definition) is 3. The normalized spacial score (nSPS) is 14.0. The van der Waals surface area contributed by atoms with Crippen LogP contribution in [0.5, 0.6) is 5.75 Å². The number of aliphatic hydroxyl groups is 1. The van der Waals surface area contributed by atoms with E-state index in [1.807, 2.05) is 19.1 Å². The van der Waals surface area contributed by atoms with Crippen molar-refractivity contribution in [2.75, 3.05) is 13.7 Å². The molecule has 0 saturated carbocycles. The predicted octanol–water partition coefficient (Wildman–Crippen LogP) is 7.01. The number of allylic oxidation sites excluding steroid dienone is 3. The molecule has 204 valence electrons. The summed E-state index contributed by atoms with van der Waals surface area (Å²) in [6.07, 6.45) is 6.09. The number of aliphatic imine (C=N–C) groups is 1. The first-order valence-electron chi connectivity index (χ1n) is 12.2. The van der Waals surface area contributed by atoms with Crippen molar-refractivity contribution in [3.05, 3.63) is 65.2 Å². The van der Waals surface area contributed by atoms with Crippen molar-refractivity contribution in [2.24, 2.45) is 10.7 Å². The molecule has 0 saturated heterocycles. The number of unbranched alkanes of at least 4 members (excludes halogenated alkanes) is 3. The summed E-state index contributed by atoms with van der Waals surface area (Å²) >= 11 is 0. The zero-order valence-corrected chi connectivity index (χ0v) is 22.2. The van der Waals surface area contributed by atoms with E-state index >= 15 is 0 Å². The average Bonchev–Trinajstić information content (AvgIpc) is 3.33. The second-order valence-electron chi connectivity index (χ2n) is 8.16. The number of rotatable bonds is 11. The second-order valence-corrected chi connectivity index (χ2v) is 8.16. The number of hydrogen-bond acceptors (Lipinski definition) is 6. The molecule has 0 unspecified atom stereocenters. The Morgan fingerprint density at radius 3 is 2.33 bits per heavy atom. The van der Waals surface area contributed by atoms with Gasteiger partial charge in [-0.3, -0.25) is 0 Å². The van der Waals surface area contributed by atoms with E-state index in [2.05, 4.69) is 30.9 Å². The van der Waals surface area contributed by atoms with Crippen LogP contribution in [0.15, 0.2) is 59.1 Å². The Labute approximate surface area is 213 Å². The highest BCUT2D eigenvalue weighted by Gasteiger charge is 2.35. The Morgan fingerprint density at radius 2 is 1.75 bits per heavy atom. The molecule has 2 rings (SSSR count). The summed E-state index contributed by atoms with van der Waals surface area (Å²) in [5, 5.41) is 7.00. The lowest BCUT2D eigenvalue weighted by molar-refractivity contribution is -0.138. The lowest BCUT2D eigenvalue weighted by Crippen LogP contribution is -2.19. The molecule has 0 fully saturated rings. The summed E-state index contributed by atoms with van der Waals surface area (Å²) in [5.41, 5.74) is 8.65. The molecule has 1 aliphatic heterocycles. The second kappa shape index (κ2) is 18.3. The minimum Gasteiger partial charge on any atom is -0.493 e. The first-order chi connectivity index (χ1) is 17.1. The smallest absolute Gasteiger partial charge is 0.419 e. The highest BCUT2D eigenvalue weighted by molar-refractivity contribution is 6.00. The Bertz CT molecular complexity index is 875. The van der Waals surface area contributed by atoms with E-state index < -0.39 is 11.7 Å². The molecule has 4 N–H and O–H groups in total. The maximum Gasteiger partial charge on any atom is 0.419 e. The van der Waals surface area contributed by atoms with Crippen LogP contribution in [0.25, 0.3) is 0 Å². The molecular formula is C27H42F3N3O3. The number of alkyl halides is 3. The fourth-order valence-corrected chi connectivity index (χ4v) is 2.92. The number of hydroxylamine groups is 1. The van der Waals surface area contributed by atoms with Crippen LogP contribution in [0.2, 0.25) is 0 Å². The highest BCUT2D eigenvalue weighted by atomic mass is 19.4. The van der Waals surface area contributed by atoms with Crippen molar-refractivity contribution in [1.29, 1.82) is 0 Å². The van der Waals surface area contributed by atoms with E-state index in [-0.39, 0.29) is 18.2 Å². The van der Waals surface area contributed by atoms with Gasteiger partial charge in [-0.2, -0.15) is 18.2 Å². The van der Waals surface area contributed by atoms with Gasteiger partial charge in [0.05, 0.1) is 12.2 Å². The molecule has 0 atom stereocenters. The van der Waals surface area contributed by atoms with E-state index in [0.29, 0.717) is 23.6 Å². The SMILES string of the molecule is C=C(C)N.CCCC/C=C\CCOc1ccc(C2=N/C(=C(/C)CCCC)ON2)cc1C(F)(F)F.CO. The molecule has 1 aromatic carbocycles. The average molecular weight is 514 g/mol. The third-order valence-electron chi connectivity index (χ3n) is 4.72. The topological polar surface area (TPSA) is 89.1 Å². The number of benzene rings is 1. The summed E-state index contributed by atoms with van der Waals surface area (Å²) in [5.74, 6) is 0.501. The van der Waals surface area contributed by atoms with Crippen molar-refractivity contribution in [3.8, 4) is 5.75 Å². The van der Waals surface area contributed by atoms with Crippen LogP contribution >= 0.6 is 0 Å². The first kappa shape index (κ1) is 33.1. The van der Waals surface area contributed by atoms with Gasteiger partial charge in [0.2, 0.25) is 5.88 Å². The molecule has 1 aromatic rings. The largest absolute Gasteiger partial charge is 0.493 e. The summed E-state index contributed by atoms with van der Waals surface area (Å²) in [6.45, 7) is 11.4. The van der Waals surface area contributed by atoms with Crippen LogP contribution < -0.4 is 16.0 Å². The van der Waals surface area contributed by atoms with Crippen molar-refractivity contribution in [1.82, 2.24) is 5.48 Å². The van der Waals surface area contributed by atoms with Gasteiger partial charge >= 0.3 is 6.18 Å². The lowest BCUT2D eigenvalue weighted by Gasteiger charge is -2.15. The minimum atomic E-state index is -4.53. The van der Waals surface area contributed by atoms with Crippen LogP contribution in [0.3, 0.4) is 0 Å². The van der Waals surface area contributed by atoms with Crippen molar-refractivity contribution < 1.29 is 27.9 Å². The molecule has 0 aromatic heterocycles. The quantitative estimate of drug-likeness (QED) is 0.219. The summed E-state index contributed by atoms with van der Waals surface area (Å²) in [6, 6.07) is 3.95.